The molecule has 0 aliphatic carbocycles. The molecule has 0 fully saturated rings. The number of imide groups is 1. The third-order valence-corrected chi connectivity index (χ3v) is 5.36. The Morgan fingerprint density at radius 1 is 0.933 bits per heavy atom. The first kappa shape index (κ1) is 19.6. The summed E-state index contributed by atoms with van der Waals surface area (Å²) in [4.78, 5) is 54.8. The molecule has 0 saturated heterocycles. The molecule has 0 saturated carbocycles. The highest BCUT2D eigenvalue weighted by Crippen LogP contribution is 2.26. The van der Waals surface area contributed by atoms with E-state index in [4.69, 9.17) is 4.74 Å². The Bertz CT molecular complexity index is 1170. The van der Waals surface area contributed by atoms with Gasteiger partial charge in [-0.1, -0.05) is 30.3 Å². The van der Waals surface area contributed by atoms with Crippen molar-refractivity contribution in [2.45, 2.75) is 32.9 Å². The SMILES string of the molecule is Cc1[nH]c2ccccc2c1C(=O)[C@H](C)OC(=O)[C@H](C)N1C(=O)c2ccccc2C1=O. The van der Waals surface area contributed by atoms with Crippen molar-refractivity contribution in [3.8, 4) is 0 Å². The van der Waals surface area contributed by atoms with Crippen molar-refractivity contribution < 1.29 is 23.9 Å². The van der Waals surface area contributed by atoms with E-state index in [2.05, 4.69) is 4.98 Å². The monoisotopic (exact) mass is 404 g/mol. The highest BCUT2D eigenvalue weighted by atomic mass is 16.5. The molecular weight excluding hydrogens is 384 g/mol. The molecule has 2 amide bonds. The Labute approximate surface area is 172 Å². The molecule has 1 aliphatic heterocycles. The van der Waals surface area contributed by atoms with E-state index in [1.807, 2.05) is 24.3 Å². The first-order chi connectivity index (χ1) is 14.3. The molecule has 2 heterocycles. The largest absolute Gasteiger partial charge is 0.453 e. The van der Waals surface area contributed by atoms with Crippen LogP contribution in [-0.4, -0.2) is 45.6 Å². The fourth-order valence-corrected chi connectivity index (χ4v) is 3.79. The molecule has 1 aromatic heterocycles. The second-order valence-electron chi connectivity index (χ2n) is 7.32. The van der Waals surface area contributed by atoms with Gasteiger partial charge in [0.05, 0.1) is 11.1 Å². The quantitative estimate of drug-likeness (QED) is 0.400. The van der Waals surface area contributed by atoms with E-state index in [1.54, 1.807) is 31.2 Å². The molecule has 0 unspecified atom stereocenters. The molecule has 3 aromatic rings. The summed E-state index contributed by atoms with van der Waals surface area (Å²) in [5.41, 5.74) is 2.45. The van der Waals surface area contributed by atoms with Gasteiger partial charge in [0.2, 0.25) is 5.78 Å². The summed E-state index contributed by atoms with van der Waals surface area (Å²) < 4.78 is 5.36. The van der Waals surface area contributed by atoms with E-state index in [1.165, 1.54) is 13.8 Å². The van der Waals surface area contributed by atoms with E-state index in [0.29, 0.717) is 11.3 Å². The maximum atomic E-state index is 13.0. The molecular formula is C23H20N2O5. The number of H-pyrrole nitrogens is 1. The smallest absolute Gasteiger partial charge is 0.329 e. The summed E-state index contributed by atoms with van der Waals surface area (Å²) in [6.07, 6.45) is -1.08. The molecule has 0 bridgehead atoms. The van der Waals surface area contributed by atoms with Crippen molar-refractivity contribution in [1.82, 2.24) is 9.88 Å². The Kier molecular flexibility index (Phi) is 4.73. The van der Waals surface area contributed by atoms with Crippen molar-refractivity contribution in [3.05, 3.63) is 70.9 Å². The van der Waals surface area contributed by atoms with Crippen LogP contribution in [0.4, 0.5) is 0 Å². The average molecular weight is 404 g/mol. The number of amides is 2. The predicted octanol–water partition coefficient (Wildman–Crippen LogP) is 3.28. The number of carbonyl (C=O) groups excluding carboxylic acids is 4. The molecule has 30 heavy (non-hydrogen) atoms. The van der Waals surface area contributed by atoms with Gasteiger partial charge in [-0.15, -0.1) is 0 Å². The second-order valence-corrected chi connectivity index (χ2v) is 7.32. The van der Waals surface area contributed by atoms with Gasteiger partial charge in [-0.2, -0.15) is 0 Å². The fraction of sp³-hybridized carbons (Fsp3) is 0.217. The number of nitrogens with zero attached hydrogens (tertiary/aromatic N) is 1. The number of benzene rings is 2. The van der Waals surface area contributed by atoms with Crippen molar-refractivity contribution in [1.29, 1.82) is 0 Å². The lowest BCUT2D eigenvalue weighted by Gasteiger charge is -2.22. The molecule has 2 atom stereocenters. The first-order valence-corrected chi connectivity index (χ1v) is 9.60. The molecule has 7 nitrogen and oxygen atoms in total. The lowest BCUT2D eigenvalue weighted by atomic mass is 10.0. The van der Waals surface area contributed by atoms with Gasteiger partial charge < -0.3 is 9.72 Å². The second kappa shape index (κ2) is 7.26. The minimum atomic E-state index is -1.16. The summed E-state index contributed by atoms with van der Waals surface area (Å²) >= 11 is 0. The third-order valence-electron chi connectivity index (χ3n) is 5.36. The molecule has 1 aliphatic rings. The molecule has 152 valence electrons. The number of fused-ring (bicyclic) bond motifs is 2. The maximum absolute atomic E-state index is 13.0. The number of hydrogen-bond donors (Lipinski definition) is 1. The zero-order valence-corrected chi connectivity index (χ0v) is 16.8. The zero-order valence-electron chi connectivity index (χ0n) is 16.8. The first-order valence-electron chi connectivity index (χ1n) is 9.60. The number of nitrogens with one attached hydrogen (secondary N) is 1. The van der Waals surface area contributed by atoms with Crippen LogP contribution in [0.1, 0.15) is 50.6 Å². The van der Waals surface area contributed by atoms with Gasteiger partial charge in [0.1, 0.15) is 6.04 Å². The summed E-state index contributed by atoms with van der Waals surface area (Å²) in [7, 11) is 0. The van der Waals surface area contributed by atoms with Crippen molar-refractivity contribution in [2.24, 2.45) is 0 Å². The number of aromatic nitrogens is 1. The van der Waals surface area contributed by atoms with E-state index in [-0.39, 0.29) is 16.9 Å². The van der Waals surface area contributed by atoms with Gasteiger partial charge in [0.25, 0.3) is 11.8 Å². The number of rotatable bonds is 5. The van der Waals surface area contributed by atoms with E-state index in [9.17, 15) is 19.2 Å². The van der Waals surface area contributed by atoms with Gasteiger partial charge in [0, 0.05) is 22.2 Å². The number of ketones is 1. The molecule has 4 rings (SSSR count). The number of esters is 1. The predicted molar refractivity (Wildman–Crippen MR) is 109 cm³/mol. The fourth-order valence-electron chi connectivity index (χ4n) is 3.79. The lowest BCUT2D eigenvalue weighted by molar-refractivity contribution is -0.150. The number of aromatic amines is 1. The van der Waals surface area contributed by atoms with E-state index in [0.717, 1.165) is 15.8 Å². The number of carbonyl (C=O) groups is 4. The van der Waals surface area contributed by atoms with Gasteiger partial charge in [0.15, 0.2) is 6.10 Å². The minimum Gasteiger partial charge on any atom is -0.453 e. The van der Waals surface area contributed by atoms with E-state index < -0.39 is 29.9 Å². The van der Waals surface area contributed by atoms with Crippen molar-refractivity contribution >= 4 is 34.5 Å². The Morgan fingerprint density at radius 3 is 2.13 bits per heavy atom. The van der Waals surface area contributed by atoms with Crippen LogP contribution in [0.2, 0.25) is 0 Å². The topological polar surface area (TPSA) is 96.5 Å². The number of ether oxygens (including phenoxy) is 1. The van der Waals surface area contributed by atoms with Crippen molar-refractivity contribution in [3.63, 3.8) is 0 Å². The molecule has 0 spiro atoms. The van der Waals surface area contributed by atoms with Gasteiger partial charge >= 0.3 is 5.97 Å². The Morgan fingerprint density at radius 2 is 1.50 bits per heavy atom. The van der Waals surface area contributed by atoms with Gasteiger partial charge in [-0.3, -0.25) is 19.3 Å². The van der Waals surface area contributed by atoms with Crippen LogP contribution in [0.15, 0.2) is 48.5 Å². The minimum absolute atomic E-state index is 0.251. The van der Waals surface area contributed by atoms with Crippen LogP contribution in [-0.2, 0) is 9.53 Å². The van der Waals surface area contributed by atoms with Crippen LogP contribution in [0, 0.1) is 6.92 Å². The van der Waals surface area contributed by atoms with Gasteiger partial charge in [-0.25, -0.2) is 4.79 Å². The molecule has 7 heteroatoms. The number of hydrogen-bond acceptors (Lipinski definition) is 5. The highest BCUT2D eigenvalue weighted by molar-refractivity contribution is 6.22. The van der Waals surface area contributed by atoms with E-state index >= 15 is 0 Å². The summed E-state index contributed by atoms with van der Waals surface area (Å²) in [6, 6.07) is 12.6. The van der Waals surface area contributed by atoms with Crippen LogP contribution in [0.5, 0.6) is 0 Å². The summed E-state index contributed by atoms with van der Waals surface area (Å²) in [6.45, 7) is 4.68. The number of para-hydroxylation sites is 1. The number of Topliss-reactive ketones (excluding diaryl/α,β-unsaturated/α-hetero) is 1. The van der Waals surface area contributed by atoms with Crippen molar-refractivity contribution in [2.75, 3.05) is 0 Å². The molecule has 0 radical (unpaired) electrons. The van der Waals surface area contributed by atoms with Gasteiger partial charge in [-0.05, 0) is 39.0 Å². The molecule has 2 aromatic carbocycles. The Hall–Kier alpha value is -3.74. The maximum Gasteiger partial charge on any atom is 0.329 e. The summed E-state index contributed by atoms with van der Waals surface area (Å²) in [5.74, 6) is -2.27. The standard InChI is InChI=1S/C23H20N2O5/c1-12-19(17-10-6-7-11-18(17)24-12)20(26)14(3)30-23(29)13(2)25-21(27)15-8-4-5-9-16(15)22(25)28/h4-11,13-14,24H,1-3H3/t13-,14-/m0/s1. The zero-order chi connectivity index (χ0) is 21.6. The van der Waals surface area contributed by atoms with Crippen LogP contribution in [0.3, 0.4) is 0 Å². The third kappa shape index (κ3) is 2.99. The van der Waals surface area contributed by atoms with Crippen LogP contribution in [0.25, 0.3) is 10.9 Å². The van der Waals surface area contributed by atoms with Crippen LogP contribution < -0.4 is 0 Å². The molecule has 1 N–H and O–H groups in total. The highest BCUT2D eigenvalue weighted by Gasteiger charge is 2.42. The lowest BCUT2D eigenvalue weighted by Crippen LogP contribution is -2.45. The summed E-state index contributed by atoms with van der Waals surface area (Å²) in [5, 5.41) is 0.747. The average Bonchev–Trinajstić information content (AvgIpc) is 3.20. The van der Waals surface area contributed by atoms with Crippen LogP contribution >= 0.6 is 0 Å². The normalized spacial score (nSPS) is 15.2. The Balaban J connectivity index is 1.52. The number of aryl methyl sites for hydroxylation is 1.